The zero-order chi connectivity index (χ0) is 19.3. The molecule has 2 aromatic carbocycles. The highest BCUT2D eigenvalue weighted by Gasteiger charge is 2.18. The molecule has 0 bridgehead atoms. The Kier molecular flexibility index (Phi) is 5.19. The predicted octanol–water partition coefficient (Wildman–Crippen LogP) is 3.89. The van der Waals surface area contributed by atoms with Crippen molar-refractivity contribution in [2.24, 2.45) is 0 Å². The van der Waals surface area contributed by atoms with Crippen molar-refractivity contribution < 1.29 is 9.32 Å². The van der Waals surface area contributed by atoms with Gasteiger partial charge in [-0.05, 0) is 37.0 Å². The summed E-state index contributed by atoms with van der Waals surface area (Å²) < 4.78 is 5.17. The zero-order valence-electron chi connectivity index (χ0n) is 15.7. The third kappa shape index (κ3) is 4.11. The van der Waals surface area contributed by atoms with Gasteiger partial charge in [-0.25, -0.2) is 0 Å². The number of benzene rings is 2. The van der Waals surface area contributed by atoms with Gasteiger partial charge in [0.15, 0.2) is 5.82 Å². The Morgan fingerprint density at radius 3 is 2.79 bits per heavy atom. The number of nitrogens with one attached hydrogen (secondary N) is 2. The maximum absolute atomic E-state index is 12.4. The van der Waals surface area contributed by atoms with E-state index in [0.717, 1.165) is 29.3 Å². The van der Waals surface area contributed by atoms with Crippen molar-refractivity contribution in [1.29, 1.82) is 0 Å². The van der Waals surface area contributed by atoms with Crippen LogP contribution in [0.5, 0.6) is 0 Å². The summed E-state index contributed by atoms with van der Waals surface area (Å²) in [6.45, 7) is 1.98. The van der Waals surface area contributed by atoms with E-state index in [2.05, 4.69) is 32.6 Å². The summed E-state index contributed by atoms with van der Waals surface area (Å²) >= 11 is 0. The minimum absolute atomic E-state index is 0.00130. The average molecular weight is 374 g/mol. The molecule has 2 heterocycles. The topological polar surface area (TPSA) is 83.8 Å². The lowest BCUT2D eigenvalue weighted by molar-refractivity contribution is 0.0894. The number of H-pyrrole nitrogens is 1. The highest BCUT2D eigenvalue weighted by atomic mass is 16.5. The molecular weight excluding hydrogens is 352 g/mol. The number of aryl methyl sites for hydroxylation is 1. The largest absolute Gasteiger partial charge is 0.361 e. The van der Waals surface area contributed by atoms with E-state index in [9.17, 15) is 4.79 Å². The number of amides is 1. The van der Waals surface area contributed by atoms with E-state index in [0.29, 0.717) is 12.2 Å². The van der Waals surface area contributed by atoms with E-state index in [4.69, 9.17) is 4.52 Å². The number of nitrogens with zero attached hydrogens (tertiary/aromatic N) is 2. The van der Waals surface area contributed by atoms with E-state index in [1.165, 1.54) is 5.56 Å². The Balaban J connectivity index is 1.35. The van der Waals surface area contributed by atoms with Gasteiger partial charge in [0, 0.05) is 29.6 Å². The van der Waals surface area contributed by atoms with Crippen molar-refractivity contribution in [3.8, 4) is 0 Å². The normalized spacial score (nSPS) is 12.2. The van der Waals surface area contributed by atoms with E-state index in [-0.39, 0.29) is 17.8 Å². The van der Waals surface area contributed by atoms with E-state index < -0.39 is 0 Å². The van der Waals surface area contributed by atoms with Crippen molar-refractivity contribution in [3.05, 3.63) is 83.6 Å². The number of fused-ring (bicyclic) bond motifs is 1. The van der Waals surface area contributed by atoms with Crippen LogP contribution in [0, 0.1) is 0 Å². The van der Waals surface area contributed by atoms with Crippen LogP contribution >= 0.6 is 0 Å². The van der Waals surface area contributed by atoms with E-state index in [1.54, 1.807) is 0 Å². The third-order valence-electron chi connectivity index (χ3n) is 4.77. The zero-order valence-corrected chi connectivity index (χ0v) is 15.7. The number of carbonyl (C=O) groups is 1. The standard InChI is InChI=1S/C22H22N4O2/c1-15(11-12-16-7-3-2-4-8-16)24-21(27)22-25-20(26-28-22)13-17-14-23-19-10-6-5-9-18(17)19/h2-10,14-15,23H,11-13H2,1H3,(H,24,27)/t15-/m1/s1. The van der Waals surface area contributed by atoms with Gasteiger partial charge in [0.2, 0.25) is 0 Å². The van der Waals surface area contributed by atoms with Crippen molar-refractivity contribution >= 4 is 16.8 Å². The Labute approximate surface area is 163 Å². The molecule has 0 aliphatic carbocycles. The van der Waals surface area contributed by atoms with Crippen LogP contribution in [0.25, 0.3) is 10.9 Å². The molecule has 0 unspecified atom stereocenters. The molecule has 4 rings (SSSR count). The van der Waals surface area contributed by atoms with Crippen LogP contribution < -0.4 is 5.32 Å². The summed E-state index contributed by atoms with van der Waals surface area (Å²) in [6, 6.07) is 18.3. The van der Waals surface area contributed by atoms with Gasteiger partial charge in [0.05, 0.1) is 0 Å². The fourth-order valence-corrected chi connectivity index (χ4v) is 3.25. The number of aromatic amines is 1. The maximum Gasteiger partial charge on any atom is 0.315 e. The minimum Gasteiger partial charge on any atom is -0.361 e. The van der Waals surface area contributed by atoms with Gasteiger partial charge in [0.1, 0.15) is 0 Å². The Morgan fingerprint density at radius 1 is 1.14 bits per heavy atom. The second-order valence-electron chi connectivity index (χ2n) is 6.95. The van der Waals surface area contributed by atoms with E-state index in [1.807, 2.05) is 55.6 Å². The fraction of sp³-hybridized carbons (Fsp3) is 0.227. The van der Waals surface area contributed by atoms with Crippen molar-refractivity contribution in [2.45, 2.75) is 32.2 Å². The molecule has 6 nitrogen and oxygen atoms in total. The molecule has 0 fully saturated rings. The second kappa shape index (κ2) is 8.08. The molecule has 0 saturated heterocycles. The molecule has 2 N–H and O–H groups in total. The quantitative estimate of drug-likeness (QED) is 0.514. The molecule has 0 radical (unpaired) electrons. The number of hydrogen-bond donors (Lipinski definition) is 2. The van der Waals surface area contributed by atoms with Crippen LogP contribution in [0.4, 0.5) is 0 Å². The highest BCUT2D eigenvalue weighted by Crippen LogP contribution is 2.19. The monoisotopic (exact) mass is 374 g/mol. The van der Waals surface area contributed by atoms with Gasteiger partial charge >= 0.3 is 11.8 Å². The number of aromatic nitrogens is 3. The van der Waals surface area contributed by atoms with Gasteiger partial charge in [-0.3, -0.25) is 4.79 Å². The van der Waals surface area contributed by atoms with Crippen molar-refractivity contribution in [2.75, 3.05) is 0 Å². The van der Waals surface area contributed by atoms with E-state index >= 15 is 0 Å². The van der Waals surface area contributed by atoms with Crippen LogP contribution in [0.2, 0.25) is 0 Å². The molecule has 0 aliphatic rings. The number of para-hydroxylation sites is 1. The summed E-state index contributed by atoms with van der Waals surface area (Å²) in [5, 5.41) is 8.00. The Morgan fingerprint density at radius 2 is 1.93 bits per heavy atom. The second-order valence-corrected chi connectivity index (χ2v) is 6.95. The first-order valence-corrected chi connectivity index (χ1v) is 9.41. The Bertz CT molecular complexity index is 1070. The third-order valence-corrected chi connectivity index (χ3v) is 4.77. The van der Waals surface area contributed by atoms with Crippen LogP contribution in [0.3, 0.4) is 0 Å². The first kappa shape index (κ1) is 18.0. The van der Waals surface area contributed by atoms with Gasteiger partial charge in [-0.1, -0.05) is 53.7 Å². The molecule has 28 heavy (non-hydrogen) atoms. The lowest BCUT2D eigenvalue weighted by Crippen LogP contribution is -2.33. The molecule has 2 aromatic heterocycles. The minimum atomic E-state index is -0.335. The van der Waals surface area contributed by atoms with Crippen molar-refractivity contribution in [1.82, 2.24) is 20.4 Å². The van der Waals surface area contributed by atoms with Gasteiger partial charge < -0.3 is 14.8 Å². The first-order valence-electron chi connectivity index (χ1n) is 9.41. The van der Waals surface area contributed by atoms with Crippen LogP contribution in [0.1, 0.15) is 41.0 Å². The Hall–Kier alpha value is -3.41. The van der Waals surface area contributed by atoms with Crippen LogP contribution in [0.15, 0.2) is 65.3 Å². The summed E-state index contributed by atoms with van der Waals surface area (Å²) in [4.78, 5) is 19.9. The maximum atomic E-state index is 12.4. The molecule has 142 valence electrons. The highest BCUT2D eigenvalue weighted by molar-refractivity contribution is 5.89. The molecule has 6 heteroatoms. The molecule has 0 aliphatic heterocycles. The molecule has 4 aromatic rings. The summed E-state index contributed by atoms with van der Waals surface area (Å²) in [6.07, 6.45) is 4.18. The molecule has 1 atom stereocenters. The van der Waals surface area contributed by atoms with Crippen molar-refractivity contribution in [3.63, 3.8) is 0 Å². The first-order chi connectivity index (χ1) is 13.7. The van der Waals surface area contributed by atoms with Gasteiger partial charge in [0.25, 0.3) is 0 Å². The number of hydrogen-bond acceptors (Lipinski definition) is 4. The smallest absolute Gasteiger partial charge is 0.315 e. The SMILES string of the molecule is C[C@H](CCc1ccccc1)NC(=O)c1nc(Cc2c[nH]c3ccccc23)no1. The van der Waals surface area contributed by atoms with Crippen LogP contribution in [-0.2, 0) is 12.8 Å². The summed E-state index contributed by atoms with van der Waals surface area (Å²) in [5.41, 5.74) is 3.38. The fourth-order valence-electron chi connectivity index (χ4n) is 3.25. The molecule has 0 saturated carbocycles. The molecule has 1 amide bonds. The molecule has 0 spiro atoms. The van der Waals surface area contributed by atoms with Crippen LogP contribution in [-0.4, -0.2) is 27.1 Å². The van der Waals surface area contributed by atoms with Gasteiger partial charge in [-0.15, -0.1) is 0 Å². The number of rotatable bonds is 7. The summed E-state index contributed by atoms with van der Waals surface area (Å²) in [5.74, 6) is 0.159. The van der Waals surface area contributed by atoms with Gasteiger partial charge in [-0.2, -0.15) is 4.98 Å². The molecular formula is C22H22N4O2. The average Bonchev–Trinajstić information content (AvgIpc) is 3.35. The summed E-state index contributed by atoms with van der Waals surface area (Å²) in [7, 11) is 0. The predicted molar refractivity (Wildman–Crippen MR) is 107 cm³/mol. The lowest BCUT2D eigenvalue weighted by atomic mass is 10.1. The lowest BCUT2D eigenvalue weighted by Gasteiger charge is -2.12. The number of carbonyl (C=O) groups excluding carboxylic acids is 1.